The summed E-state index contributed by atoms with van der Waals surface area (Å²) in [6.45, 7) is 0.334. The van der Waals surface area contributed by atoms with Crippen molar-refractivity contribution in [3.63, 3.8) is 0 Å². The molecule has 2 N–H and O–H groups in total. The van der Waals surface area contributed by atoms with Crippen molar-refractivity contribution in [1.82, 2.24) is 0 Å². The normalized spacial score (nSPS) is 16.0. The van der Waals surface area contributed by atoms with Crippen molar-refractivity contribution in [3.05, 3.63) is 57.6 Å². The SMILES string of the molecule is OCCOc1ccc(C2(c3ccc(OCCO)c(Cl)c3)CCCCC2)cc1Cl. The molecule has 4 nitrogen and oxygen atoms in total. The zero-order valence-electron chi connectivity index (χ0n) is 15.8. The monoisotopic (exact) mass is 424 g/mol. The van der Waals surface area contributed by atoms with Crippen LogP contribution in [0, 0.1) is 0 Å². The Morgan fingerprint density at radius 3 is 1.61 bits per heavy atom. The number of benzene rings is 2. The lowest BCUT2D eigenvalue weighted by molar-refractivity contribution is 0.201. The van der Waals surface area contributed by atoms with Crippen molar-refractivity contribution in [1.29, 1.82) is 0 Å². The highest BCUT2D eigenvalue weighted by Crippen LogP contribution is 2.47. The number of halogens is 2. The van der Waals surface area contributed by atoms with Gasteiger partial charge < -0.3 is 19.7 Å². The topological polar surface area (TPSA) is 58.9 Å². The second-order valence-electron chi connectivity index (χ2n) is 7.08. The van der Waals surface area contributed by atoms with E-state index in [0.29, 0.717) is 21.5 Å². The lowest BCUT2D eigenvalue weighted by Crippen LogP contribution is -2.30. The summed E-state index contributed by atoms with van der Waals surface area (Å²) in [6, 6.07) is 11.8. The van der Waals surface area contributed by atoms with Gasteiger partial charge >= 0.3 is 0 Å². The van der Waals surface area contributed by atoms with Gasteiger partial charge in [-0.05, 0) is 48.2 Å². The Labute approximate surface area is 176 Å². The molecule has 0 spiro atoms. The van der Waals surface area contributed by atoms with Gasteiger partial charge in [-0.2, -0.15) is 0 Å². The van der Waals surface area contributed by atoms with Crippen molar-refractivity contribution in [2.75, 3.05) is 26.4 Å². The van der Waals surface area contributed by atoms with Crippen LogP contribution in [0.25, 0.3) is 0 Å². The maximum atomic E-state index is 8.96. The Balaban J connectivity index is 1.97. The van der Waals surface area contributed by atoms with Crippen molar-refractivity contribution in [2.24, 2.45) is 0 Å². The van der Waals surface area contributed by atoms with E-state index in [2.05, 4.69) is 12.1 Å². The molecule has 1 saturated carbocycles. The van der Waals surface area contributed by atoms with Gasteiger partial charge in [-0.25, -0.2) is 0 Å². The zero-order valence-corrected chi connectivity index (χ0v) is 17.3. The third-order valence-corrected chi connectivity index (χ3v) is 5.96. The molecule has 0 saturated heterocycles. The Hall–Kier alpha value is -1.46. The van der Waals surface area contributed by atoms with Crippen LogP contribution in [0.5, 0.6) is 11.5 Å². The van der Waals surface area contributed by atoms with Gasteiger partial charge in [0.1, 0.15) is 24.7 Å². The number of ether oxygens (including phenoxy) is 2. The van der Waals surface area contributed by atoms with Crippen LogP contribution in [0.1, 0.15) is 43.2 Å². The summed E-state index contributed by atoms with van der Waals surface area (Å²) in [7, 11) is 0. The van der Waals surface area contributed by atoms with Crippen LogP contribution in [0.15, 0.2) is 36.4 Å². The van der Waals surface area contributed by atoms with E-state index in [9.17, 15) is 0 Å². The van der Waals surface area contributed by atoms with Gasteiger partial charge in [0.15, 0.2) is 0 Å². The van der Waals surface area contributed by atoms with Gasteiger partial charge in [-0.1, -0.05) is 54.6 Å². The van der Waals surface area contributed by atoms with Crippen molar-refractivity contribution < 1.29 is 19.7 Å². The first-order valence-electron chi connectivity index (χ1n) is 9.68. The average molecular weight is 425 g/mol. The second kappa shape index (κ2) is 9.84. The minimum Gasteiger partial charge on any atom is -0.490 e. The van der Waals surface area contributed by atoms with Crippen LogP contribution < -0.4 is 9.47 Å². The van der Waals surface area contributed by atoms with Gasteiger partial charge in [0, 0.05) is 5.41 Å². The molecule has 1 aliphatic rings. The van der Waals surface area contributed by atoms with Crippen LogP contribution in [0.4, 0.5) is 0 Å². The molecule has 28 heavy (non-hydrogen) atoms. The van der Waals surface area contributed by atoms with Gasteiger partial charge in [-0.15, -0.1) is 0 Å². The van der Waals surface area contributed by atoms with Gasteiger partial charge in [0.2, 0.25) is 0 Å². The van der Waals surface area contributed by atoms with Crippen molar-refractivity contribution in [2.45, 2.75) is 37.5 Å². The van der Waals surface area contributed by atoms with Gasteiger partial charge in [0.05, 0.1) is 23.3 Å². The quantitative estimate of drug-likeness (QED) is 0.626. The summed E-state index contributed by atoms with van der Waals surface area (Å²) in [5.74, 6) is 1.16. The Bertz CT molecular complexity index is 729. The molecule has 0 bridgehead atoms. The number of aliphatic hydroxyl groups is 2. The number of hydrogen-bond donors (Lipinski definition) is 2. The minimum atomic E-state index is -0.156. The molecule has 0 radical (unpaired) electrons. The molecular formula is C22H26Cl2O4. The van der Waals surface area contributed by atoms with E-state index >= 15 is 0 Å². The number of hydrogen-bond acceptors (Lipinski definition) is 4. The predicted octanol–water partition coefficient (Wildman–Crippen LogP) is 4.99. The molecule has 1 aliphatic carbocycles. The molecule has 1 fully saturated rings. The van der Waals surface area contributed by atoms with E-state index < -0.39 is 0 Å². The van der Waals surface area contributed by atoms with Crippen LogP contribution >= 0.6 is 23.2 Å². The van der Waals surface area contributed by atoms with Crippen molar-refractivity contribution in [3.8, 4) is 11.5 Å². The Morgan fingerprint density at radius 2 is 1.21 bits per heavy atom. The zero-order chi connectivity index (χ0) is 20.0. The summed E-state index contributed by atoms with van der Waals surface area (Å²) in [6.07, 6.45) is 5.54. The highest BCUT2D eigenvalue weighted by atomic mass is 35.5. The molecule has 0 aromatic heterocycles. The first-order chi connectivity index (χ1) is 13.6. The lowest BCUT2D eigenvalue weighted by Gasteiger charge is -2.39. The van der Waals surface area contributed by atoms with Crippen LogP contribution in [0.2, 0.25) is 10.0 Å². The van der Waals surface area contributed by atoms with E-state index in [0.717, 1.165) is 36.8 Å². The fraction of sp³-hybridized carbons (Fsp3) is 0.455. The summed E-state index contributed by atoms with van der Waals surface area (Å²) in [4.78, 5) is 0. The molecule has 3 rings (SSSR count). The fourth-order valence-corrected chi connectivity index (χ4v) is 4.51. The number of rotatable bonds is 8. The fourth-order valence-electron chi connectivity index (χ4n) is 4.04. The standard InChI is InChI=1S/C22H26Cl2O4/c23-18-14-16(4-6-20(18)27-12-10-25)22(8-2-1-3-9-22)17-5-7-21(19(24)15-17)28-13-11-26/h4-7,14-15,25-26H,1-3,8-13H2. The van der Waals surface area contributed by atoms with E-state index in [1.54, 1.807) is 0 Å². The van der Waals surface area contributed by atoms with E-state index in [-0.39, 0.29) is 31.8 Å². The Kier molecular flexibility index (Phi) is 7.47. The highest BCUT2D eigenvalue weighted by molar-refractivity contribution is 6.32. The molecule has 0 atom stereocenters. The third-order valence-electron chi connectivity index (χ3n) is 5.37. The maximum absolute atomic E-state index is 8.96. The summed E-state index contributed by atoms with van der Waals surface area (Å²) in [5.41, 5.74) is 2.14. The lowest BCUT2D eigenvalue weighted by atomic mass is 9.65. The molecule has 0 heterocycles. The second-order valence-corrected chi connectivity index (χ2v) is 7.89. The highest BCUT2D eigenvalue weighted by Gasteiger charge is 2.36. The molecule has 0 unspecified atom stereocenters. The third kappa shape index (κ3) is 4.57. The van der Waals surface area contributed by atoms with E-state index in [1.807, 2.05) is 24.3 Å². The minimum absolute atomic E-state index is 0.0504. The molecular weight excluding hydrogens is 399 g/mol. The largest absolute Gasteiger partial charge is 0.490 e. The van der Waals surface area contributed by atoms with Gasteiger partial charge in [-0.3, -0.25) is 0 Å². The molecule has 6 heteroatoms. The molecule has 2 aromatic rings. The van der Waals surface area contributed by atoms with Crippen molar-refractivity contribution >= 4 is 23.2 Å². The van der Waals surface area contributed by atoms with Crippen LogP contribution in [0.3, 0.4) is 0 Å². The molecule has 0 aliphatic heterocycles. The molecule has 152 valence electrons. The van der Waals surface area contributed by atoms with Crippen LogP contribution in [-0.2, 0) is 5.41 Å². The summed E-state index contributed by atoms with van der Waals surface area (Å²) < 4.78 is 11.0. The predicted molar refractivity (Wildman–Crippen MR) is 112 cm³/mol. The molecule has 0 amide bonds. The maximum Gasteiger partial charge on any atom is 0.138 e. The van der Waals surface area contributed by atoms with Crippen LogP contribution in [-0.4, -0.2) is 36.6 Å². The number of aliphatic hydroxyl groups excluding tert-OH is 2. The van der Waals surface area contributed by atoms with E-state index in [4.69, 9.17) is 42.9 Å². The Morgan fingerprint density at radius 1 is 0.750 bits per heavy atom. The molecule has 2 aromatic carbocycles. The first-order valence-corrected chi connectivity index (χ1v) is 10.4. The van der Waals surface area contributed by atoms with E-state index in [1.165, 1.54) is 6.42 Å². The summed E-state index contributed by atoms with van der Waals surface area (Å²) in [5, 5.41) is 19.0. The smallest absolute Gasteiger partial charge is 0.138 e. The summed E-state index contributed by atoms with van der Waals surface area (Å²) >= 11 is 12.9. The van der Waals surface area contributed by atoms with Gasteiger partial charge in [0.25, 0.3) is 0 Å². The first kappa shape index (κ1) is 21.3. The average Bonchev–Trinajstić information content (AvgIpc) is 2.72.